The maximum Gasteiger partial charge on any atom is 0.312 e. The van der Waals surface area contributed by atoms with Gasteiger partial charge in [0.05, 0.1) is 16.6 Å². The van der Waals surface area contributed by atoms with Crippen molar-refractivity contribution in [2.24, 2.45) is 10.7 Å². The van der Waals surface area contributed by atoms with Gasteiger partial charge in [-0.1, -0.05) is 6.08 Å². The van der Waals surface area contributed by atoms with Crippen LogP contribution in [-0.2, 0) is 6.54 Å². The molecule has 3 heterocycles. The van der Waals surface area contributed by atoms with Gasteiger partial charge in [0.2, 0.25) is 0 Å². The van der Waals surface area contributed by atoms with E-state index in [1.54, 1.807) is 18.5 Å². The fraction of sp³-hybridized carbons (Fsp3) is 0.214. The fourth-order valence-corrected chi connectivity index (χ4v) is 1.95. The van der Waals surface area contributed by atoms with Gasteiger partial charge < -0.3 is 10.3 Å². The van der Waals surface area contributed by atoms with Crippen LogP contribution in [-0.4, -0.2) is 27.2 Å². The quantitative estimate of drug-likeness (QED) is 0.674. The van der Waals surface area contributed by atoms with Gasteiger partial charge in [0.15, 0.2) is 5.52 Å². The SMILES string of the molecule is CCn1cc([N+](=O)[O-])c2ncccc21.NC1=C[CH]CN=C1. The molecule has 3 rings (SSSR count). The van der Waals surface area contributed by atoms with E-state index < -0.39 is 4.92 Å². The molecule has 0 atom stereocenters. The third-order valence-electron chi connectivity index (χ3n) is 2.92. The fourth-order valence-electron chi connectivity index (χ4n) is 1.95. The minimum atomic E-state index is -0.401. The molecule has 0 fully saturated rings. The van der Waals surface area contributed by atoms with Crippen LogP contribution < -0.4 is 5.73 Å². The summed E-state index contributed by atoms with van der Waals surface area (Å²) in [5.74, 6) is 0. The van der Waals surface area contributed by atoms with Crippen LogP contribution in [0.15, 0.2) is 41.3 Å². The molecule has 0 spiro atoms. The molecule has 1 aliphatic rings. The van der Waals surface area contributed by atoms with Gasteiger partial charge >= 0.3 is 5.69 Å². The Hall–Kier alpha value is -2.70. The van der Waals surface area contributed by atoms with Gasteiger partial charge in [-0.15, -0.1) is 0 Å². The highest BCUT2D eigenvalue weighted by atomic mass is 16.6. The Morgan fingerprint density at radius 1 is 1.52 bits per heavy atom. The Balaban J connectivity index is 0.000000194. The molecule has 2 aromatic heterocycles. The predicted molar refractivity (Wildman–Crippen MR) is 82.0 cm³/mol. The number of pyridine rings is 1. The maximum atomic E-state index is 10.7. The predicted octanol–water partition coefficient (Wildman–Crippen LogP) is 2.08. The first kappa shape index (κ1) is 14.7. The number of nitro groups is 1. The van der Waals surface area contributed by atoms with Crippen molar-refractivity contribution in [2.45, 2.75) is 13.5 Å². The molecule has 109 valence electrons. The van der Waals surface area contributed by atoms with Crippen molar-refractivity contribution >= 4 is 22.9 Å². The summed E-state index contributed by atoms with van der Waals surface area (Å²) in [5.41, 5.74) is 7.39. The van der Waals surface area contributed by atoms with E-state index in [-0.39, 0.29) is 5.69 Å². The van der Waals surface area contributed by atoms with Gasteiger partial charge in [-0.05, 0) is 19.1 Å². The summed E-state index contributed by atoms with van der Waals surface area (Å²) in [6.07, 6.45) is 8.54. The Morgan fingerprint density at radius 2 is 2.33 bits per heavy atom. The molecule has 0 saturated carbocycles. The first-order chi connectivity index (χ1) is 10.1. The van der Waals surface area contributed by atoms with Gasteiger partial charge in [-0.3, -0.25) is 15.1 Å². The first-order valence-corrected chi connectivity index (χ1v) is 6.50. The molecule has 0 saturated heterocycles. The van der Waals surface area contributed by atoms with Crippen molar-refractivity contribution in [3.05, 3.63) is 52.8 Å². The highest BCUT2D eigenvalue weighted by Crippen LogP contribution is 2.25. The van der Waals surface area contributed by atoms with E-state index in [2.05, 4.69) is 9.98 Å². The number of nitrogens with two attached hydrogens (primary N) is 1. The Kier molecular flexibility index (Phi) is 4.65. The van der Waals surface area contributed by atoms with Crippen LogP contribution >= 0.6 is 0 Å². The first-order valence-electron chi connectivity index (χ1n) is 6.50. The molecule has 2 aromatic rings. The zero-order valence-electron chi connectivity index (χ0n) is 11.6. The van der Waals surface area contributed by atoms with E-state index in [0.29, 0.717) is 12.1 Å². The summed E-state index contributed by atoms with van der Waals surface area (Å²) in [6.45, 7) is 3.42. The molecule has 0 aromatic carbocycles. The minimum Gasteiger partial charge on any atom is -0.398 e. The molecule has 1 aliphatic heterocycles. The average Bonchev–Trinajstić information content (AvgIpc) is 2.88. The second-order valence-corrected chi connectivity index (χ2v) is 4.33. The lowest BCUT2D eigenvalue weighted by molar-refractivity contribution is -0.383. The highest BCUT2D eigenvalue weighted by molar-refractivity contribution is 5.85. The lowest BCUT2D eigenvalue weighted by Crippen LogP contribution is -2.02. The smallest absolute Gasteiger partial charge is 0.312 e. The van der Waals surface area contributed by atoms with Crippen molar-refractivity contribution in [3.8, 4) is 0 Å². The number of rotatable bonds is 2. The van der Waals surface area contributed by atoms with Gasteiger partial charge in [-0.2, -0.15) is 0 Å². The van der Waals surface area contributed by atoms with E-state index in [1.165, 1.54) is 6.20 Å². The summed E-state index contributed by atoms with van der Waals surface area (Å²) in [4.78, 5) is 18.2. The van der Waals surface area contributed by atoms with E-state index >= 15 is 0 Å². The normalized spacial score (nSPS) is 13.5. The summed E-state index contributed by atoms with van der Waals surface area (Å²) in [7, 11) is 0. The summed E-state index contributed by atoms with van der Waals surface area (Å²) < 4.78 is 1.82. The number of aromatic nitrogens is 2. The third-order valence-corrected chi connectivity index (χ3v) is 2.92. The van der Waals surface area contributed by atoms with Crippen LogP contribution in [0.1, 0.15) is 6.92 Å². The van der Waals surface area contributed by atoms with Crippen molar-refractivity contribution in [1.29, 1.82) is 0 Å². The summed E-state index contributed by atoms with van der Waals surface area (Å²) >= 11 is 0. The number of dihydropyridines is 1. The van der Waals surface area contributed by atoms with Crippen molar-refractivity contribution < 1.29 is 4.92 Å². The number of fused-ring (bicyclic) bond motifs is 1. The number of hydrogen-bond acceptors (Lipinski definition) is 5. The third kappa shape index (κ3) is 3.44. The number of aryl methyl sites for hydroxylation is 1. The summed E-state index contributed by atoms with van der Waals surface area (Å²) in [6, 6.07) is 3.61. The Labute approximate surface area is 122 Å². The zero-order valence-corrected chi connectivity index (χ0v) is 11.6. The lowest BCUT2D eigenvalue weighted by atomic mass is 10.3. The van der Waals surface area contributed by atoms with Crippen LogP contribution in [0.4, 0.5) is 5.69 Å². The molecule has 0 aliphatic carbocycles. The second-order valence-electron chi connectivity index (χ2n) is 4.33. The van der Waals surface area contributed by atoms with Gasteiger partial charge in [0, 0.05) is 37.6 Å². The molecule has 1 radical (unpaired) electrons. The van der Waals surface area contributed by atoms with Gasteiger partial charge in [-0.25, -0.2) is 4.98 Å². The average molecular weight is 286 g/mol. The summed E-state index contributed by atoms with van der Waals surface area (Å²) in [5, 5.41) is 10.7. The van der Waals surface area contributed by atoms with Crippen molar-refractivity contribution in [1.82, 2.24) is 9.55 Å². The molecule has 21 heavy (non-hydrogen) atoms. The van der Waals surface area contributed by atoms with Crippen LogP contribution in [0.25, 0.3) is 11.0 Å². The minimum absolute atomic E-state index is 0.0717. The van der Waals surface area contributed by atoms with E-state index in [9.17, 15) is 10.1 Å². The van der Waals surface area contributed by atoms with Gasteiger partial charge in [0.1, 0.15) is 0 Å². The molecule has 7 heteroatoms. The number of allylic oxidation sites excluding steroid dienone is 1. The number of nitrogens with zero attached hydrogens (tertiary/aromatic N) is 4. The Morgan fingerprint density at radius 3 is 2.86 bits per heavy atom. The van der Waals surface area contributed by atoms with Crippen LogP contribution in [0, 0.1) is 16.5 Å². The molecule has 0 unspecified atom stereocenters. The van der Waals surface area contributed by atoms with E-state index in [1.807, 2.05) is 30.1 Å². The standard InChI is InChI=1S/C9H9N3O2.C5H7N2/c1-2-11-6-8(12(13)14)9-7(11)4-3-5-10-9;6-5-2-1-3-7-4-5/h3-6H,2H2,1H3;1-2,4H,3,6H2. The van der Waals surface area contributed by atoms with Crippen LogP contribution in [0.2, 0.25) is 0 Å². The monoisotopic (exact) mass is 286 g/mol. The Bertz CT molecular complexity index is 702. The van der Waals surface area contributed by atoms with Crippen molar-refractivity contribution in [3.63, 3.8) is 0 Å². The molecule has 0 amide bonds. The largest absolute Gasteiger partial charge is 0.398 e. The number of hydrogen-bond donors (Lipinski definition) is 1. The van der Waals surface area contributed by atoms with Gasteiger partial charge in [0.25, 0.3) is 0 Å². The van der Waals surface area contributed by atoms with Crippen LogP contribution in [0.3, 0.4) is 0 Å². The second kappa shape index (κ2) is 6.65. The topological polar surface area (TPSA) is 99.3 Å². The van der Waals surface area contributed by atoms with Crippen LogP contribution in [0.5, 0.6) is 0 Å². The molecule has 0 bridgehead atoms. The van der Waals surface area contributed by atoms with E-state index in [0.717, 1.165) is 17.8 Å². The highest BCUT2D eigenvalue weighted by Gasteiger charge is 2.17. The zero-order chi connectivity index (χ0) is 15.2. The molecule has 7 nitrogen and oxygen atoms in total. The van der Waals surface area contributed by atoms with E-state index in [4.69, 9.17) is 5.73 Å². The number of aliphatic imine (C=N–C) groups is 1. The maximum absolute atomic E-state index is 10.7. The molecular formula is C14H16N5O2. The molecule has 2 N–H and O–H groups in total. The lowest BCUT2D eigenvalue weighted by Gasteiger charge is -1.96. The molecular weight excluding hydrogens is 270 g/mol. The van der Waals surface area contributed by atoms with Crippen molar-refractivity contribution in [2.75, 3.05) is 6.54 Å².